The van der Waals surface area contributed by atoms with Gasteiger partial charge in [-0.05, 0) is 18.2 Å². The summed E-state index contributed by atoms with van der Waals surface area (Å²) in [7, 11) is 0. The lowest BCUT2D eigenvalue weighted by Gasteiger charge is -2.18. The molecule has 1 aliphatic rings. The van der Waals surface area contributed by atoms with Crippen molar-refractivity contribution >= 4 is 29.1 Å². The summed E-state index contributed by atoms with van der Waals surface area (Å²) >= 11 is 1.14. The Morgan fingerprint density at radius 3 is 3.00 bits per heavy atom. The van der Waals surface area contributed by atoms with Gasteiger partial charge in [0.2, 0.25) is 0 Å². The van der Waals surface area contributed by atoms with E-state index < -0.39 is 0 Å². The van der Waals surface area contributed by atoms with E-state index in [2.05, 4.69) is 15.3 Å². The predicted octanol–water partition coefficient (Wildman–Crippen LogP) is 1.08. The van der Waals surface area contributed by atoms with Crippen LogP contribution in [0.15, 0.2) is 40.4 Å². The van der Waals surface area contributed by atoms with E-state index in [4.69, 9.17) is 4.74 Å². The van der Waals surface area contributed by atoms with Gasteiger partial charge in [0.25, 0.3) is 11.5 Å². The van der Waals surface area contributed by atoms with Gasteiger partial charge in [0.05, 0.1) is 11.4 Å². The van der Waals surface area contributed by atoms with Crippen LogP contribution in [0.5, 0.6) is 5.75 Å². The number of carbonyl (C=O) groups excluding carboxylic acids is 2. The van der Waals surface area contributed by atoms with Gasteiger partial charge in [-0.2, -0.15) is 0 Å². The summed E-state index contributed by atoms with van der Waals surface area (Å²) in [5, 5.41) is 3.04. The number of thioether (sulfide) groups is 1. The van der Waals surface area contributed by atoms with E-state index in [-0.39, 0.29) is 29.6 Å². The molecule has 1 amide bonds. The molecule has 1 aromatic heterocycles. The van der Waals surface area contributed by atoms with Crippen molar-refractivity contribution in [3.8, 4) is 5.75 Å². The van der Waals surface area contributed by atoms with Crippen LogP contribution >= 0.6 is 11.8 Å². The zero-order chi connectivity index (χ0) is 15.5. The Morgan fingerprint density at radius 2 is 2.18 bits per heavy atom. The number of H-pyrrole nitrogens is 1. The number of fused-ring (bicyclic) bond motifs is 1. The maximum absolute atomic E-state index is 12.2. The van der Waals surface area contributed by atoms with Crippen molar-refractivity contribution < 1.29 is 14.3 Å². The molecule has 3 rings (SSSR count). The van der Waals surface area contributed by atoms with Crippen LogP contribution in [0.4, 0.5) is 5.69 Å². The normalized spacial score (nSPS) is 13.0. The predicted molar refractivity (Wildman–Crippen MR) is 80.5 cm³/mol. The third-order valence-corrected chi connectivity index (χ3v) is 3.81. The minimum absolute atomic E-state index is 0.0246. The van der Waals surface area contributed by atoms with Gasteiger partial charge in [-0.3, -0.25) is 14.4 Å². The number of rotatable bonds is 4. The molecule has 7 nitrogen and oxygen atoms in total. The average Bonchev–Trinajstić information content (AvgIpc) is 2.52. The van der Waals surface area contributed by atoms with Crippen LogP contribution < -0.4 is 15.6 Å². The number of aromatic amines is 1. The number of nitrogens with one attached hydrogen (secondary N) is 2. The standard InChI is InChI=1S/C14H11N3O4S/c18-10(7-22-14-15-4-3-12(19)17-14)8-1-2-11-9(5-8)16-13(20)6-21-11/h1-5H,6-7H2,(H,16,20)(H,15,17,19). The van der Waals surface area contributed by atoms with Gasteiger partial charge in [0, 0.05) is 17.8 Å². The van der Waals surface area contributed by atoms with Gasteiger partial charge in [0.15, 0.2) is 17.5 Å². The van der Waals surface area contributed by atoms with Crippen LogP contribution in [0.2, 0.25) is 0 Å². The molecule has 0 fully saturated rings. The number of hydrogen-bond acceptors (Lipinski definition) is 6. The molecule has 0 unspecified atom stereocenters. The number of amides is 1. The van der Waals surface area contributed by atoms with Crippen LogP contribution in [0.25, 0.3) is 0 Å². The van der Waals surface area contributed by atoms with Crippen molar-refractivity contribution in [2.24, 2.45) is 0 Å². The zero-order valence-corrected chi connectivity index (χ0v) is 12.1. The third-order valence-electron chi connectivity index (χ3n) is 2.92. The third kappa shape index (κ3) is 3.17. The first kappa shape index (κ1) is 14.3. The van der Waals surface area contributed by atoms with Gasteiger partial charge in [-0.15, -0.1) is 0 Å². The number of Topliss-reactive ketones (excluding diaryl/α,β-unsaturated/α-hetero) is 1. The number of ketones is 1. The maximum atomic E-state index is 12.2. The summed E-state index contributed by atoms with van der Waals surface area (Å²) < 4.78 is 5.23. The van der Waals surface area contributed by atoms with E-state index in [1.165, 1.54) is 12.3 Å². The fraction of sp³-hybridized carbons (Fsp3) is 0.143. The van der Waals surface area contributed by atoms with E-state index in [1.807, 2.05) is 0 Å². The number of benzene rings is 1. The van der Waals surface area contributed by atoms with Crippen molar-refractivity contribution in [1.82, 2.24) is 9.97 Å². The molecule has 1 aliphatic heterocycles. The Bertz CT molecular complexity index is 803. The first-order valence-corrected chi connectivity index (χ1v) is 7.38. The van der Waals surface area contributed by atoms with Gasteiger partial charge < -0.3 is 15.0 Å². The number of anilines is 1. The minimum Gasteiger partial charge on any atom is -0.482 e. The van der Waals surface area contributed by atoms with Gasteiger partial charge in [-0.1, -0.05) is 11.8 Å². The largest absolute Gasteiger partial charge is 0.482 e. The molecule has 22 heavy (non-hydrogen) atoms. The summed E-state index contributed by atoms with van der Waals surface area (Å²) in [5.41, 5.74) is 0.673. The van der Waals surface area contributed by atoms with Crippen molar-refractivity contribution in [2.75, 3.05) is 17.7 Å². The molecule has 2 aromatic rings. The molecule has 0 aliphatic carbocycles. The number of hydrogen-bond donors (Lipinski definition) is 2. The molecule has 0 spiro atoms. The van der Waals surface area contributed by atoms with Crippen LogP contribution in [0, 0.1) is 0 Å². The number of carbonyl (C=O) groups is 2. The molecule has 8 heteroatoms. The Morgan fingerprint density at radius 1 is 1.32 bits per heavy atom. The summed E-state index contributed by atoms with van der Waals surface area (Å²) in [6.45, 7) is -0.0246. The minimum atomic E-state index is -0.265. The SMILES string of the molecule is O=C1COc2ccc(C(=O)CSc3nccc(=O)[nH]3)cc2N1. The molecular weight excluding hydrogens is 306 g/mol. The quantitative estimate of drug-likeness (QED) is 0.497. The zero-order valence-electron chi connectivity index (χ0n) is 11.3. The molecule has 112 valence electrons. The van der Waals surface area contributed by atoms with Crippen molar-refractivity contribution in [3.63, 3.8) is 0 Å². The highest BCUT2D eigenvalue weighted by Crippen LogP contribution is 2.29. The van der Waals surface area contributed by atoms with E-state index in [0.29, 0.717) is 22.2 Å². The molecular formula is C14H11N3O4S. The van der Waals surface area contributed by atoms with E-state index in [1.54, 1.807) is 18.2 Å². The second-order valence-corrected chi connectivity index (χ2v) is 5.46. The molecule has 0 saturated carbocycles. The lowest BCUT2D eigenvalue weighted by molar-refractivity contribution is -0.118. The Hall–Kier alpha value is -2.61. The first-order valence-electron chi connectivity index (χ1n) is 6.40. The second kappa shape index (κ2) is 6.02. The highest BCUT2D eigenvalue weighted by Gasteiger charge is 2.18. The number of aromatic nitrogens is 2. The topological polar surface area (TPSA) is 101 Å². The van der Waals surface area contributed by atoms with Gasteiger partial charge in [-0.25, -0.2) is 4.98 Å². The number of nitrogens with zero attached hydrogens (tertiary/aromatic N) is 1. The second-order valence-electron chi connectivity index (χ2n) is 4.50. The van der Waals surface area contributed by atoms with Crippen molar-refractivity contribution in [2.45, 2.75) is 5.16 Å². The summed E-state index contributed by atoms with van der Waals surface area (Å²) in [6.07, 6.45) is 1.39. The highest BCUT2D eigenvalue weighted by atomic mass is 32.2. The number of ether oxygens (including phenoxy) is 1. The van der Waals surface area contributed by atoms with Crippen LogP contribution in [-0.4, -0.2) is 34.0 Å². The molecule has 0 bridgehead atoms. The summed E-state index contributed by atoms with van der Waals surface area (Å²) in [6, 6.07) is 6.17. The fourth-order valence-electron chi connectivity index (χ4n) is 1.90. The molecule has 2 N–H and O–H groups in total. The smallest absolute Gasteiger partial charge is 0.262 e. The monoisotopic (exact) mass is 317 g/mol. The molecule has 1 aromatic carbocycles. The van der Waals surface area contributed by atoms with Crippen LogP contribution in [-0.2, 0) is 4.79 Å². The average molecular weight is 317 g/mol. The van der Waals surface area contributed by atoms with E-state index in [0.717, 1.165) is 11.8 Å². The summed E-state index contributed by atoms with van der Waals surface area (Å²) in [5.74, 6) is 0.273. The lowest BCUT2D eigenvalue weighted by Crippen LogP contribution is -2.25. The Kier molecular flexibility index (Phi) is 3.92. The molecule has 0 saturated heterocycles. The maximum Gasteiger partial charge on any atom is 0.262 e. The highest BCUT2D eigenvalue weighted by molar-refractivity contribution is 7.99. The molecule has 0 radical (unpaired) electrons. The Labute approximate surface area is 129 Å². The van der Waals surface area contributed by atoms with Gasteiger partial charge in [0.1, 0.15) is 5.75 Å². The van der Waals surface area contributed by atoms with Crippen LogP contribution in [0.3, 0.4) is 0 Å². The Balaban J connectivity index is 1.71. The summed E-state index contributed by atoms with van der Waals surface area (Å²) in [4.78, 5) is 41.1. The van der Waals surface area contributed by atoms with Crippen molar-refractivity contribution in [3.05, 3.63) is 46.4 Å². The van der Waals surface area contributed by atoms with Gasteiger partial charge >= 0.3 is 0 Å². The van der Waals surface area contributed by atoms with Crippen LogP contribution in [0.1, 0.15) is 10.4 Å². The van der Waals surface area contributed by atoms with E-state index >= 15 is 0 Å². The van der Waals surface area contributed by atoms with Crippen molar-refractivity contribution in [1.29, 1.82) is 0 Å². The first-order chi connectivity index (χ1) is 10.6. The molecule has 0 atom stereocenters. The fourth-order valence-corrected chi connectivity index (χ4v) is 2.64. The lowest BCUT2D eigenvalue weighted by atomic mass is 10.1. The molecule has 2 heterocycles. The van der Waals surface area contributed by atoms with E-state index in [9.17, 15) is 14.4 Å².